The molecular weight excluding hydrogens is 909 g/mol. The third-order valence-electron chi connectivity index (χ3n) is 12.9. The van der Waals surface area contributed by atoms with Gasteiger partial charge in [0, 0.05) is 0 Å². The summed E-state index contributed by atoms with van der Waals surface area (Å²) in [5, 5.41) is 34.3. The van der Waals surface area contributed by atoms with Crippen molar-refractivity contribution in [3.05, 3.63) is 49.2 Å². The maximum atomic E-state index is 6.72. The van der Waals surface area contributed by atoms with Gasteiger partial charge in [-0.3, -0.25) is 0 Å². The smallest absolute Gasteiger partial charge is 0.252 e. The minimum Gasteiger partial charge on any atom is -0.496 e. The average molecular weight is 977 g/mol. The van der Waals surface area contributed by atoms with E-state index in [0.29, 0.717) is 111 Å². The van der Waals surface area contributed by atoms with Crippen LogP contribution in [-0.4, -0.2) is 81.9 Å². The molecule has 0 saturated carbocycles. The van der Waals surface area contributed by atoms with E-state index in [4.69, 9.17) is 46.1 Å². The van der Waals surface area contributed by atoms with Gasteiger partial charge in [-0.1, -0.05) is 99.3 Å². The number of hydrogen-bond donors (Lipinski definition) is 0. The molecule has 7 rings (SSSR count). The molecule has 0 bridgehead atoms. The normalized spacial score (nSPS) is 12.7. The number of hydrogen-bond acceptors (Lipinski definition) is 18. The zero-order valence-corrected chi connectivity index (χ0v) is 42.6. The van der Waals surface area contributed by atoms with Crippen molar-refractivity contribution in [2.75, 3.05) is 41.2 Å². The molecule has 4 heterocycles. The molecule has 0 aliphatic carbocycles. The maximum Gasteiger partial charge on any atom is 0.252 e. The SMILES string of the molecule is CCCCC(CC)COc1cc(-c2nnc(-c3cc(OC)c(-c4nnc(-c5cc(OC)c(-c6nnco6)cc5OCC(CC)CCCC)o4)cc3OCC(CC)CCCC)o2)c(OC)cc1-c1nnco1. The van der Waals surface area contributed by atoms with Crippen molar-refractivity contribution in [1.29, 1.82) is 0 Å². The zero-order chi connectivity index (χ0) is 50.1. The number of ether oxygens (including phenoxy) is 6. The standard InChI is InChI=1S/C53H68N8O10/c1-10-16-19-33(13-4)28-65-45-26-37(43(63-8)22-39(45)49-57-55-32-69-49)50-58-61-53(70-50)41-24-44(64-9)38(27-47(41)67-30-35(15-6)21-18-12-3)51-59-60-52(71-51)40-23-42(62-7)36(48-56-54-31-68-48)25-46(40)66-29-34(14-5)20-17-11-2/h22-27,31-35H,10-21,28-30H2,1-9H3. The molecule has 3 aromatic carbocycles. The fourth-order valence-corrected chi connectivity index (χ4v) is 8.33. The first-order valence-corrected chi connectivity index (χ1v) is 25.1. The van der Waals surface area contributed by atoms with Gasteiger partial charge < -0.3 is 46.1 Å². The number of aromatic nitrogens is 8. The predicted octanol–water partition coefficient (Wildman–Crippen LogP) is 13.0. The minimum atomic E-state index is 0.177. The average Bonchev–Trinajstić information content (AvgIpc) is 4.28. The summed E-state index contributed by atoms with van der Waals surface area (Å²) >= 11 is 0. The molecule has 0 fully saturated rings. The van der Waals surface area contributed by atoms with Crippen LogP contribution in [-0.2, 0) is 0 Å². The van der Waals surface area contributed by atoms with Crippen molar-refractivity contribution in [1.82, 2.24) is 40.8 Å². The van der Waals surface area contributed by atoms with Crippen molar-refractivity contribution < 1.29 is 46.1 Å². The summed E-state index contributed by atoms with van der Waals surface area (Å²) in [6.45, 7) is 14.5. The second kappa shape index (κ2) is 25.8. The summed E-state index contributed by atoms with van der Waals surface area (Å²) < 4.78 is 61.8. The molecular formula is C53H68N8O10. The topological polar surface area (TPSA) is 211 Å². The third-order valence-corrected chi connectivity index (χ3v) is 12.9. The quantitative estimate of drug-likeness (QED) is 0.0410. The first-order valence-electron chi connectivity index (χ1n) is 25.1. The van der Waals surface area contributed by atoms with Crippen molar-refractivity contribution in [2.45, 2.75) is 119 Å². The van der Waals surface area contributed by atoms with E-state index in [1.54, 1.807) is 39.5 Å². The van der Waals surface area contributed by atoms with Gasteiger partial charge in [0.25, 0.3) is 35.3 Å². The molecule has 0 N–H and O–H groups in total. The van der Waals surface area contributed by atoms with Crippen LogP contribution in [0, 0.1) is 17.8 Å². The van der Waals surface area contributed by atoms with Crippen molar-refractivity contribution >= 4 is 0 Å². The van der Waals surface area contributed by atoms with Crippen LogP contribution in [0.25, 0.3) is 68.7 Å². The minimum absolute atomic E-state index is 0.177. The Morgan fingerprint density at radius 3 is 0.930 bits per heavy atom. The second-order valence-electron chi connectivity index (χ2n) is 17.6. The molecule has 18 heteroatoms. The Labute approximate surface area is 415 Å². The molecule has 71 heavy (non-hydrogen) atoms. The zero-order valence-electron chi connectivity index (χ0n) is 42.6. The van der Waals surface area contributed by atoms with Crippen molar-refractivity contribution in [3.8, 4) is 103 Å². The Balaban J connectivity index is 1.29. The van der Waals surface area contributed by atoms with Gasteiger partial charge in [0.1, 0.15) is 34.5 Å². The molecule has 3 atom stereocenters. The van der Waals surface area contributed by atoms with E-state index in [2.05, 4.69) is 82.3 Å². The molecule has 18 nitrogen and oxygen atoms in total. The van der Waals surface area contributed by atoms with Crippen LogP contribution in [0.5, 0.6) is 34.5 Å². The van der Waals surface area contributed by atoms with Crippen LogP contribution in [0.3, 0.4) is 0 Å². The molecule has 0 amide bonds. The Morgan fingerprint density at radius 1 is 0.380 bits per heavy atom. The molecule has 0 radical (unpaired) electrons. The van der Waals surface area contributed by atoms with E-state index in [9.17, 15) is 0 Å². The van der Waals surface area contributed by atoms with E-state index in [1.165, 1.54) is 12.8 Å². The van der Waals surface area contributed by atoms with E-state index < -0.39 is 0 Å². The highest BCUT2D eigenvalue weighted by Gasteiger charge is 2.28. The summed E-state index contributed by atoms with van der Waals surface area (Å²) in [7, 11) is 4.70. The second-order valence-corrected chi connectivity index (χ2v) is 17.6. The van der Waals surface area contributed by atoms with Crippen LogP contribution < -0.4 is 28.4 Å². The van der Waals surface area contributed by atoms with Gasteiger partial charge in [0.2, 0.25) is 12.8 Å². The first-order chi connectivity index (χ1) is 34.8. The van der Waals surface area contributed by atoms with E-state index >= 15 is 0 Å². The molecule has 0 spiro atoms. The van der Waals surface area contributed by atoms with Crippen LogP contribution >= 0.6 is 0 Å². The van der Waals surface area contributed by atoms with Gasteiger partial charge in [-0.05, 0) is 73.4 Å². The summed E-state index contributed by atoms with van der Waals surface area (Å²) in [6.07, 6.45) is 15.1. The Kier molecular flexibility index (Phi) is 18.8. The summed E-state index contributed by atoms with van der Waals surface area (Å²) in [6, 6.07) is 10.8. The number of benzene rings is 3. The maximum absolute atomic E-state index is 6.72. The fourth-order valence-electron chi connectivity index (χ4n) is 8.33. The summed E-state index contributed by atoms with van der Waals surface area (Å²) in [5.41, 5.74) is 3.17. The lowest BCUT2D eigenvalue weighted by Crippen LogP contribution is -2.12. The highest BCUT2D eigenvalue weighted by molar-refractivity contribution is 5.79. The summed E-state index contributed by atoms with van der Waals surface area (Å²) in [4.78, 5) is 0. The van der Waals surface area contributed by atoms with Crippen LogP contribution in [0.2, 0.25) is 0 Å². The van der Waals surface area contributed by atoms with Crippen LogP contribution in [0.1, 0.15) is 119 Å². The Bertz CT molecular complexity index is 2700. The number of unbranched alkanes of at least 4 members (excludes halogenated alkanes) is 3. The molecule has 3 unspecified atom stereocenters. The molecule has 380 valence electrons. The molecule has 4 aromatic heterocycles. The fraction of sp³-hybridized carbons (Fsp3) is 0.509. The molecule has 0 aliphatic rings. The van der Waals surface area contributed by atoms with Gasteiger partial charge >= 0.3 is 0 Å². The van der Waals surface area contributed by atoms with Gasteiger partial charge in [-0.2, -0.15) is 0 Å². The van der Waals surface area contributed by atoms with E-state index in [-0.39, 0.29) is 29.5 Å². The first kappa shape index (κ1) is 51.9. The van der Waals surface area contributed by atoms with Gasteiger partial charge in [-0.15, -0.1) is 40.8 Å². The number of methoxy groups -OCH3 is 3. The lowest BCUT2D eigenvalue weighted by atomic mass is 10.0. The van der Waals surface area contributed by atoms with E-state index in [1.807, 2.05) is 18.2 Å². The molecule has 0 aliphatic heterocycles. The van der Waals surface area contributed by atoms with Gasteiger partial charge in [0.15, 0.2) is 0 Å². The van der Waals surface area contributed by atoms with E-state index in [0.717, 1.165) is 77.0 Å². The highest BCUT2D eigenvalue weighted by Crippen LogP contribution is 2.46. The van der Waals surface area contributed by atoms with Crippen LogP contribution in [0.15, 0.2) is 66.9 Å². The molecule has 0 saturated heterocycles. The number of nitrogens with zero attached hydrogens (tertiary/aromatic N) is 8. The Morgan fingerprint density at radius 2 is 0.662 bits per heavy atom. The lowest BCUT2D eigenvalue weighted by molar-refractivity contribution is 0.233. The van der Waals surface area contributed by atoms with Gasteiger partial charge in [0.05, 0.1) is 74.5 Å². The van der Waals surface area contributed by atoms with Crippen molar-refractivity contribution in [3.63, 3.8) is 0 Å². The number of rotatable bonds is 30. The predicted molar refractivity (Wildman–Crippen MR) is 267 cm³/mol. The lowest BCUT2D eigenvalue weighted by Gasteiger charge is -2.18. The van der Waals surface area contributed by atoms with Crippen molar-refractivity contribution in [2.24, 2.45) is 17.8 Å². The highest BCUT2D eigenvalue weighted by atomic mass is 16.5. The summed E-state index contributed by atoms with van der Waals surface area (Å²) in [5.74, 6) is 5.08. The monoisotopic (exact) mass is 977 g/mol. The largest absolute Gasteiger partial charge is 0.496 e. The third kappa shape index (κ3) is 12.7. The van der Waals surface area contributed by atoms with Crippen LogP contribution in [0.4, 0.5) is 0 Å². The Hall–Kier alpha value is -6.98. The molecule has 7 aromatic rings. The van der Waals surface area contributed by atoms with Gasteiger partial charge in [-0.25, -0.2) is 0 Å².